The molecule has 5 atom stereocenters. The van der Waals surface area contributed by atoms with Crippen molar-refractivity contribution in [2.45, 2.75) is 51.5 Å². The summed E-state index contributed by atoms with van der Waals surface area (Å²) in [6, 6.07) is 8.88. The van der Waals surface area contributed by atoms with Crippen molar-refractivity contribution in [3.63, 3.8) is 0 Å². The molecule has 2 aliphatic heterocycles. The molecule has 0 spiro atoms. The molecule has 1 aromatic carbocycles. The van der Waals surface area contributed by atoms with E-state index < -0.39 is 30.0 Å². The van der Waals surface area contributed by atoms with E-state index in [0.717, 1.165) is 5.56 Å². The minimum absolute atomic E-state index is 0.0478. The third-order valence-electron chi connectivity index (χ3n) is 6.76. The van der Waals surface area contributed by atoms with Crippen LogP contribution in [0.25, 0.3) is 11.3 Å². The molecule has 12 nitrogen and oxygen atoms in total. The van der Waals surface area contributed by atoms with Gasteiger partial charge in [0.15, 0.2) is 6.61 Å². The molecule has 2 aromatic rings. The molecule has 4 rings (SSSR count). The van der Waals surface area contributed by atoms with Gasteiger partial charge in [0.1, 0.15) is 11.7 Å². The maximum Gasteiger partial charge on any atom is 0.251 e. The van der Waals surface area contributed by atoms with Gasteiger partial charge in [-0.3, -0.25) is 20.1 Å². The summed E-state index contributed by atoms with van der Waals surface area (Å²) in [6.07, 6.45) is -1.09. The molecule has 1 aromatic heterocycles. The fourth-order valence-corrected chi connectivity index (χ4v) is 5.09. The Labute approximate surface area is 237 Å². The van der Waals surface area contributed by atoms with Crippen LogP contribution in [-0.2, 0) is 9.63 Å². The first-order valence-electron chi connectivity index (χ1n) is 13.3. The molecular weight excluding hydrogens is 533 g/mol. The second kappa shape index (κ2) is 13.1. The Morgan fingerprint density at radius 2 is 1.93 bits per heavy atom. The van der Waals surface area contributed by atoms with Crippen molar-refractivity contribution in [1.82, 2.24) is 15.4 Å². The smallest absolute Gasteiger partial charge is 0.251 e. The quantitative estimate of drug-likeness (QED) is 0.313. The molecule has 5 N–H and O–H groups in total. The fraction of sp³-hybridized carbons (Fsp3) is 0.464. The van der Waals surface area contributed by atoms with Crippen molar-refractivity contribution in [3.8, 4) is 17.1 Å². The summed E-state index contributed by atoms with van der Waals surface area (Å²) >= 11 is 0. The van der Waals surface area contributed by atoms with Crippen LogP contribution in [0, 0.1) is 11.7 Å². The van der Waals surface area contributed by atoms with E-state index in [9.17, 15) is 19.4 Å². The van der Waals surface area contributed by atoms with Crippen molar-refractivity contribution in [2.24, 2.45) is 26.6 Å². The Morgan fingerprint density at radius 3 is 2.61 bits per heavy atom. The third-order valence-corrected chi connectivity index (χ3v) is 6.76. The van der Waals surface area contributed by atoms with Crippen molar-refractivity contribution in [3.05, 3.63) is 47.8 Å². The highest BCUT2D eigenvalue weighted by Gasteiger charge is 2.39. The highest BCUT2D eigenvalue weighted by Crippen LogP contribution is 2.39. The molecule has 0 saturated heterocycles. The summed E-state index contributed by atoms with van der Waals surface area (Å²) < 4.78 is 19.7. The van der Waals surface area contributed by atoms with Gasteiger partial charge in [-0.2, -0.15) is 0 Å². The second-order valence-corrected chi connectivity index (χ2v) is 10.2. The number of nitrogens with one attached hydrogen (secondary N) is 1. The van der Waals surface area contributed by atoms with Crippen LogP contribution in [0.4, 0.5) is 4.39 Å². The summed E-state index contributed by atoms with van der Waals surface area (Å²) in [6.45, 7) is 4.65. The number of fused-ring (bicyclic) bond motifs is 1. The topological polar surface area (TPSA) is 167 Å². The zero-order chi connectivity index (χ0) is 29.7. The molecule has 0 fully saturated rings. The van der Waals surface area contributed by atoms with Crippen LogP contribution in [-0.4, -0.2) is 88.6 Å². The highest BCUT2D eigenvalue weighted by molar-refractivity contribution is 6.11. The Hall–Kier alpha value is -3.94. The Morgan fingerprint density at radius 1 is 1.20 bits per heavy atom. The van der Waals surface area contributed by atoms with Gasteiger partial charge >= 0.3 is 0 Å². The number of amides is 1. The molecule has 220 valence electrons. The van der Waals surface area contributed by atoms with Crippen LogP contribution in [0.3, 0.4) is 0 Å². The number of amidine groups is 1. The number of hydroxylamine groups is 1. The van der Waals surface area contributed by atoms with Gasteiger partial charge < -0.3 is 25.6 Å². The summed E-state index contributed by atoms with van der Waals surface area (Å²) in [5.41, 5.74) is 11.3. The van der Waals surface area contributed by atoms with E-state index in [1.165, 1.54) is 24.1 Å². The minimum atomic E-state index is -0.775. The first-order valence-corrected chi connectivity index (χ1v) is 13.3. The van der Waals surface area contributed by atoms with Gasteiger partial charge in [0.25, 0.3) is 5.91 Å². The van der Waals surface area contributed by atoms with Crippen LogP contribution in [0.2, 0.25) is 0 Å². The van der Waals surface area contributed by atoms with E-state index in [0.29, 0.717) is 35.1 Å². The molecule has 2 aliphatic rings. The summed E-state index contributed by atoms with van der Waals surface area (Å²) in [4.78, 5) is 38.0. The molecular formula is C28H36FN7O5. The molecule has 4 unspecified atom stereocenters. The zero-order valence-electron chi connectivity index (χ0n) is 23.5. The third kappa shape index (κ3) is 7.43. The average Bonchev–Trinajstić information content (AvgIpc) is 2.91. The zero-order valence-corrected chi connectivity index (χ0v) is 23.5. The largest absolute Gasteiger partial charge is 0.481 e. The van der Waals surface area contributed by atoms with Crippen LogP contribution in [0.1, 0.15) is 38.8 Å². The van der Waals surface area contributed by atoms with Gasteiger partial charge in [-0.05, 0) is 51.0 Å². The maximum absolute atomic E-state index is 14.4. The van der Waals surface area contributed by atoms with Gasteiger partial charge in [0.05, 0.1) is 43.0 Å². The van der Waals surface area contributed by atoms with Crippen molar-refractivity contribution in [1.29, 1.82) is 0 Å². The summed E-state index contributed by atoms with van der Waals surface area (Å²) in [7, 11) is 1.51. The number of carbonyl (C=O) groups excluding carboxylic acids is 1. The number of nitrogens with two attached hydrogens (primary N) is 1. The number of ether oxygens (including phenoxy) is 1. The second-order valence-electron chi connectivity index (χ2n) is 10.2. The van der Waals surface area contributed by atoms with Gasteiger partial charge in [0, 0.05) is 30.4 Å². The lowest BCUT2D eigenvalue weighted by Crippen LogP contribution is -2.48. The van der Waals surface area contributed by atoms with Crippen molar-refractivity contribution in [2.75, 3.05) is 26.8 Å². The number of hydrogen-bond acceptors (Lipinski definition) is 11. The van der Waals surface area contributed by atoms with Crippen LogP contribution >= 0.6 is 0 Å². The molecule has 1 amide bonds. The number of methoxy groups -OCH3 is 1. The van der Waals surface area contributed by atoms with E-state index in [4.69, 9.17) is 20.3 Å². The molecule has 0 saturated carbocycles. The van der Waals surface area contributed by atoms with E-state index in [-0.39, 0.29) is 37.6 Å². The Kier molecular flexibility index (Phi) is 9.63. The Balaban J connectivity index is 1.63. The lowest BCUT2D eigenvalue weighted by molar-refractivity contribution is -0.140. The SMILES string of the molecule is COc1cccc(-c2cc(F)ccc2C2C[C@H]3N=C(N)N=C(C)C3C(NOCC(=O)N(CC(C)O)CC(C)O)=N2)n1. The minimum Gasteiger partial charge on any atom is -0.481 e. The number of guanidine groups is 1. The van der Waals surface area contributed by atoms with Gasteiger partial charge in [0.2, 0.25) is 11.8 Å². The van der Waals surface area contributed by atoms with E-state index >= 15 is 0 Å². The number of nitrogens with zero attached hydrogens (tertiary/aromatic N) is 5. The van der Waals surface area contributed by atoms with Gasteiger partial charge in [-0.25, -0.2) is 19.4 Å². The molecule has 13 heteroatoms. The number of benzene rings is 1. The van der Waals surface area contributed by atoms with Crippen LogP contribution < -0.4 is 16.0 Å². The normalized spacial score (nSPS) is 21.5. The molecule has 0 aliphatic carbocycles. The standard InChI is InChI=1S/C28H36FN7O5/c1-15(37)12-36(13-16(2)38)25(39)14-41-35-27-26-17(3)31-28(30)34-23(26)11-22(33-27)19-9-8-18(29)10-20(19)21-6-5-7-24(32-21)40-4/h5-10,15-16,22-23,26,37-38H,11-14H2,1-4H3,(H2,30,34)(H,33,35)/t15?,16?,22?,23-,26?/m1/s1. The number of aliphatic hydroxyl groups is 2. The first-order chi connectivity index (χ1) is 19.5. The monoisotopic (exact) mass is 569 g/mol. The number of hydrogen-bond donors (Lipinski definition) is 4. The molecule has 3 heterocycles. The number of pyridine rings is 1. The lowest BCUT2D eigenvalue weighted by Gasteiger charge is -2.35. The van der Waals surface area contributed by atoms with Gasteiger partial charge in [-0.1, -0.05) is 12.1 Å². The number of carbonyl (C=O) groups is 1. The number of aromatic nitrogens is 1. The van der Waals surface area contributed by atoms with E-state index in [2.05, 4.69) is 20.4 Å². The number of halogens is 1. The lowest BCUT2D eigenvalue weighted by atomic mass is 9.82. The van der Waals surface area contributed by atoms with Crippen molar-refractivity contribution < 1.29 is 29.0 Å². The number of aliphatic imine (C=N–C) groups is 3. The first kappa shape index (κ1) is 30.0. The van der Waals surface area contributed by atoms with Gasteiger partial charge in [-0.15, -0.1) is 0 Å². The predicted octanol–water partition coefficient (Wildman–Crippen LogP) is 1.63. The van der Waals surface area contributed by atoms with E-state index in [1.807, 2.05) is 6.92 Å². The Bertz CT molecular complexity index is 1340. The highest BCUT2D eigenvalue weighted by atomic mass is 19.1. The molecule has 0 bridgehead atoms. The number of rotatable bonds is 10. The van der Waals surface area contributed by atoms with Crippen LogP contribution in [0.5, 0.6) is 5.88 Å². The predicted molar refractivity (Wildman–Crippen MR) is 152 cm³/mol. The van der Waals surface area contributed by atoms with Crippen molar-refractivity contribution >= 4 is 23.4 Å². The molecule has 41 heavy (non-hydrogen) atoms. The number of aliphatic hydroxyl groups excluding tert-OH is 2. The summed E-state index contributed by atoms with van der Waals surface area (Å²) in [5, 5.41) is 19.5. The molecule has 0 radical (unpaired) electrons. The van der Waals surface area contributed by atoms with E-state index in [1.54, 1.807) is 38.1 Å². The fourth-order valence-electron chi connectivity index (χ4n) is 5.09. The average molecular weight is 570 g/mol. The summed E-state index contributed by atoms with van der Waals surface area (Å²) in [5.74, 6) is -0.290. The van der Waals surface area contributed by atoms with Crippen LogP contribution in [0.15, 0.2) is 51.4 Å². The maximum atomic E-state index is 14.4.